The molecule has 4 heterocycles. The number of hydrogen-bond acceptors (Lipinski definition) is 6. The molecule has 1 aliphatic rings. The largest absolute Gasteiger partial charge is 0.376 e. The number of aromatic amines is 1. The molecule has 0 amide bonds. The molecule has 1 aliphatic heterocycles. The molecular weight excluding hydrogens is 366 g/mol. The smallest absolute Gasteiger partial charge is 0.226 e. The molecule has 1 fully saturated rings. The van der Waals surface area contributed by atoms with Crippen molar-refractivity contribution in [3.05, 3.63) is 47.0 Å². The predicted molar refractivity (Wildman–Crippen MR) is 111 cm³/mol. The van der Waals surface area contributed by atoms with Crippen LogP contribution < -0.4 is 5.32 Å². The molecule has 2 N–H and O–H groups in total. The van der Waals surface area contributed by atoms with E-state index in [0.29, 0.717) is 5.95 Å². The van der Waals surface area contributed by atoms with Gasteiger partial charge in [-0.15, -0.1) is 5.10 Å². The Bertz CT molecular complexity index is 1140. The molecule has 29 heavy (non-hydrogen) atoms. The number of aryl methyl sites for hydroxylation is 3. The molecule has 0 bridgehead atoms. The van der Waals surface area contributed by atoms with E-state index in [1.807, 2.05) is 35.7 Å². The van der Waals surface area contributed by atoms with Crippen molar-refractivity contribution in [2.24, 2.45) is 0 Å². The van der Waals surface area contributed by atoms with Crippen LogP contribution in [-0.4, -0.2) is 49.0 Å². The Kier molecular flexibility index (Phi) is 4.63. The van der Waals surface area contributed by atoms with E-state index >= 15 is 0 Å². The molecule has 1 unspecified atom stereocenters. The molecule has 8 heteroatoms. The highest BCUT2D eigenvalue weighted by Crippen LogP contribution is 2.22. The zero-order valence-electron chi connectivity index (χ0n) is 16.8. The number of para-hydroxylation sites is 1. The highest BCUT2D eigenvalue weighted by Gasteiger charge is 2.18. The topological polar surface area (TPSA) is 93.0 Å². The van der Waals surface area contributed by atoms with Gasteiger partial charge in [0.05, 0.1) is 17.3 Å². The Balaban J connectivity index is 1.48. The van der Waals surface area contributed by atoms with Crippen molar-refractivity contribution < 1.29 is 4.74 Å². The van der Waals surface area contributed by atoms with E-state index in [2.05, 4.69) is 22.4 Å². The fourth-order valence-corrected chi connectivity index (χ4v) is 4.01. The van der Waals surface area contributed by atoms with Crippen LogP contribution in [0.2, 0.25) is 0 Å². The first-order chi connectivity index (χ1) is 14.2. The summed E-state index contributed by atoms with van der Waals surface area (Å²) in [5.41, 5.74) is 5.13. The van der Waals surface area contributed by atoms with Gasteiger partial charge in [-0.05, 0) is 50.8 Å². The third kappa shape index (κ3) is 3.44. The average molecular weight is 391 g/mol. The van der Waals surface area contributed by atoms with E-state index in [-0.39, 0.29) is 6.10 Å². The lowest BCUT2D eigenvalue weighted by Gasteiger charge is -2.12. The van der Waals surface area contributed by atoms with Gasteiger partial charge in [0.25, 0.3) is 0 Å². The molecule has 1 atom stereocenters. The minimum absolute atomic E-state index is 0.230. The summed E-state index contributed by atoms with van der Waals surface area (Å²) < 4.78 is 7.57. The summed E-state index contributed by atoms with van der Waals surface area (Å²) in [6.45, 7) is 5.65. The van der Waals surface area contributed by atoms with Gasteiger partial charge in [0.1, 0.15) is 0 Å². The lowest BCUT2D eigenvalue weighted by Crippen LogP contribution is -2.20. The zero-order chi connectivity index (χ0) is 19.8. The van der Waals surface area contributed by atoms with Gasteiger partial charge >= 0.3 is 0 Å². The molecule has 8 nitrogen and oxygen atoms in total. The second kappa shape index (κ2) is 7.44. The first-order valence-electron chi connectivity index (χ1n) is 10.2. The summed E-state index contributed by atoms with van der Waals surface area (Å²) in [6.07, 6.45) is 4.04. The normalized spacial score (nSPS) is 16.8. The van der Waals surface area contributed by atoms with E-state index in [4.69, 9.17) is 19.8 Å². The molecule has 5 rings (SSSR count). The number of hydrogen-bond donors (Lipinski definition) is 2. The standard InChI is InChI=1S/C21H25N7O/c1-13-16(14(2)26-25-13)9-10-19-24-20-17-7-3-4-8-18(17)23-21(28(20)27-19)22-12-15-6-5-11-29-15/h3-4,7-8,15H,5-6,9-12H2,1-2H3,(H,22,23)(H,25,26). The molecule has 4 aromatic rings. The Morgan fingerprint density at radius 1 is 1.21 bits per heavy atom. The molecule has 0 saturated carbocycles. The average Bonchev–Trinajstić information content (AvgIpc) is 3.46. The van der Waals surface area contributed by atoms with Crippen molar-refractivity contribution in [3.63, 3.8) is 0 Å². The predicted octanol–water partition coefficient (Wildman–Crippen LogP) is 2.99. The van der Waals surface area contributed by atoms with Crippen molar-refractivity contribution >= 4 is 22.5 Å². The quantitative estimate of drug-likeness (QED) is 0.525. The molecule has 3 aromatic heterocycles. The number of aromatic nitrogens is 6. The van der Waals surface area contributed by atoms with Crippen LogP contribution in [0.1, 0.15) is 35.6 Å². The minimum Gasteiger partial charge on any atom is -0.376 e. The number of rotatable bonds is 6. The van der Waals surface area contributed by atoms with Crippen LogP contribution in [0.5, 0.6) is 0 Å². The van der Waals surface area contributed by atoms with Crippen LogP contribution in [0.25, 0.3) is 16.6 Å². The summed E-state index contributed by atoms with van der Waals surface area (Å²) in [5.74, 6) is 1.52. The Morgan fingerprint density at radius 3 is 2.90 bits per heavy atom. The fourth-order valence-electron chi connectivity index (χ4n) is 4.01. The zero-order valence-corrected chi connectivity index (χ0v) is 16.8. The maximum absolute atomic E-state index is 5.74. The lowest BCUT2D eigenvalue weighted by molar-refractivity contribution is 0.120. The summed E-state index contributed by atoms with van der Waals surface area (Å²) in [5, 5.41) is 16.5. The minimum atomic E-state index is 0.230. The molecule has 0 spiro atoms. The maximum Gasteiger partial charge on any atom is 0.226 e. The van der Waals surface area contributed by atoms with Gasteiger partial charge in [-0.2, -0.15) is 9.61 Å². The van der Waals surface area contributed by atoms with E-state index in [0.717, 1.165) is 72.6 Å². The van der Waals surface area contributed by atoms with Gasteiger partial charge < -0.3 is 10.1 Å². The number of H-pyrrole nitrogens is 1. The number of anilines is 1. The summed E-state index contributed by atoms with van der Waals surface area (Å²) in [6, 6.07) is 8.07. The highest BCUT2D eigenvalue weighted by atomic mass is 16.5. The number of ether oxygens (including phenoxy) is 1. The van der Waals surface area contributed by atoms with E-state index in [1.54, 1.807) is 0 Å². The van der Waals surface area contributed by atoms with Gasteiger partial charge in [0.2, 0.25) is 5.95 Å². The first kappa shape index (κ1) is 18.1. The van der Waals surface area contributed by atoms with Gasteiger partial charge in [-0.25, -0.2) is 9.97 Å². The van der Waals surface area contributed by atoms with Crippen molar-refractivity contribution in [3.8, 4) is 0 Å². The van der Waals surface area contributed by atoms with E-state index in [1.165, 1.54) is 5.56 Å². The molecule has 150 valence electrons. The second-order valence-electron chi connectivity index (χ2n) is 7.64. The lowest BCUT2D eigenvalue weighted by atomic mass is 10.1. The van der Waals surface area contributed by atoms with Crippen LogP contribution in [0.4, 0.5) is 5.95 Å². The number of nitrogens with zero attached hydrogens (tertiary/aromatic N) is 5. The molecule has 1 saturated heterocycles. The summed E-state index contributed by atoms with van der Waals surface area (Å²) >= 11 is 0. The van der Waals surface area contributed by atoms with Crippen LogP contribution in [0.15, 0.2) is 24.3 Å². The highest BCUT2D eigenvalue weighted by molar-refractivity contribution is 5.92. The molecular formula is C21H25N7O. The SMILES string of the molecule is Cc1n[nH]c(C)c1CCc1nc2c3ccccc3nc(NCC3CCCO3)n2n1. The van der Waals surface area contributed by atoms with Crippen LogP contribution in [0.3, 0.4) is 0 Å². The van der Waals surface area contributed by atoms with Gasteiger partial charge in [0, 0.05) is 30.7 Å². The van der Waals surface area contributed by atoms with Crippen molar-refractivity contribution in [2.45, 2.75) is 45.6 Å². The van der Waals surface area contributed by atoms with E-state index < -0.39 is 0 Å². The molecule has 1 aromatic carbocycles. The van der Waals surface area contributed by atoms with Crippen molar-refractivity contribution in [1.29, 1.82) is 0 Å². The third-order valence-corrected chi connectivity index (χ3v) is 5.61. The molecule has 0 radical (unpaired) electrons. The van der Waals surface area contributed by atoms with Crippen LogP contribution in [0, 0.1) is 13.8 Å². The monoisotopic (exact) mass is 391 g/mol. The Hall–Kier alpha value is -3.00. The Labute approximate surface area is 168 Å². The Morgan fingerprint density at radius 2 is 2.10 bits per heavy atom. The number of nitrogens with one attached hydrogen (secondary N) is 2. The summed E-state index contributed by atoms with van der Waals surface area (Å²) in [7, 11) is 0. The van der Waals surface area contributed by atoms with Crippen molar-refractivity contribution in [1.82, 2.24) is 29.8 Å². The van der Waals surface area contributed by atoms with Crippen LogP contribution >= 0.6 is 0 Å². The summed E-state index contributed by atoms with van der Waals surface area (Å²) in [4.78, 5) is 9.64. The van der Waals surface area contributed by atoms with Gasteiger partial charge in [0.15, 0.2) is 11.5 Å². The van der Waals surface area contributed by atoms with Crippen molar-refractivity contribution in [2.75, 3.05) is 18.5 Å². The second-order valence-corrected chi connectivity index (χ2v) is 7.64. The fraction of sp³-hybridized carbons (Fsp3) is 0.429. The first-order valence-corrected chi connectivity index (χ1v) is 10.2. The van der Waals surface area contributed by atoms with Crippen LogP contribution in [-0.2, 0) is 17.6 Å². The number of benzene rings is 1. The third-order valence-electron chi connectivity index (χ3n) is 5.61. The molecule has 0 aliphatic carbocycles. The number of fused-ring (bicyclic) bond motifs is 3. The van der Waals surface area contributed by atoms with Gasteiger partial charge in [-0.3, -0.25) is 5.10 Å². The van der Waals surface area contributed by atoms with Gasteiger partial charge in [-0.1, -0.05) is 12.1 Å². The maximum atomic E-state index is 5.74. The van der Waals surface area contributed by atoms with E-state index in [9.17, 15) is 0 Å².